The van der Waals surface area contributed by atoms with Crippen molar-refractivity contribution in [3.8, 4) is 0 Å². The summed E-state index contributed by atoms with van der Waals surface area (Å²) in [5.74, 6) is -0.103. The van der Waals surface area contributed by atoms with Gasteiger partial charge in [0, 0.05) is 10.2 Å². The SMILES string of the molecule is CC=CC(=O)Nc1cc(Br)ccc1C. The summed E-state index contributed by atoms with van der Waals surface area (Å²) in [6, 6.07) is 5.78. The number of anilines is 1. The molecule has 0 aromatic heterocycles. The van der Waals surface area contributed by atoms with Gasteiger partial charge in [0.05, 0.1) is 0 Å². The second kappa shape index (κ2) is 4.96. The molecule has 1 amide bonds. The van der Waals surface area contributed by atoms with Gasteiger partial charge < -0.3 is 5.32 Å². The van der Waals surface area contributed by atoms with Crippen LogP contribution in [-0.2, 0) is 4.79 Å². The van der Waals surface area contributed by atoms with Crippen LogP contribution in [0.1, 0.15) is 12.5 Å². The predicted molar refractivity (Wildman–Crippen MR) is 62.3 cm³/mol. The van der Waals surface area contributed by atoms with Crippen LogP contribution in [0.25, 0.3) is 0 Å². The predicted octanol–water partition coefficient (Wildman–Crippen LogP) is 3.27. The molecule has 0 atom stereocenters. The number of aryl methyl sites for hydroxylation is 1. The molecule has 0 aliphatic carbocycles. The number of carbonyl (C=O) groups is 1. The van der Waals surface area contributed by atoms with Gasteiger partial charge in [-0.3, -0.25) is 4.79 Å². The molecule has 1 aromatic carbocycles. The van der Waals surface area contributed by atoms with Crippen LogP contribution >= 0.6 is 15.9 Å². The van der Waals surface area contributed by atoms with Gasteiger partial charge in [0.2, 0.25) is 5.91 Å². The first-order valence-corrected chi connectivity index (χ1v) is 5.12. The van der Waals surface area contributed by atoms with Crippen LogP contribution in [0.2, 0.25) is 0 Å². The number of halogens is 1. The van der Waals surface area contributed by atoms with E-state index in [4.69, 9.17) is 0 Å². The van der Waals surface area contributed by atoms with Gasteiger partial charge in [-0.25, -0.2) is 0 Å². The topological polar surface area (TPSA) is 29.1 Å². The van der Waals surface area contributed by atoms with Crippen LogP contribution in [-0.4, -0.2) is 5.91 Å². The van der Waals surface area contributed by atoms with E-state index in [-0.39, 0.29) is 5.91 Å². The molecule has 1 aromatic rings. The highest BCUT2D eigenvalue weighted by Crippen LogP contribution is 2.20. The Morgan fingerprint density at radius 1 is 1.50 bits per heavy atom. The molecule has 0 heterocycles. The quantitative estimate of drug-likeness (QED) is 0.806. The molecule has 14 heavy (non-hydrogen) atoms. The Bertz CT molecular complexity index is 372. The van der Waals surface area contributed by atoms with Crippen LogP contribution in [0, 0.1) is 6.92 Å². The summed E-state index contributed by atoms with van der Waals surface area (Å²) in [5.41, 5.74) is 1.88. The molecule has 0 saturated carbocycles. The van der Waals surface area contributed by atoms with Gasteiger partial charge in [-0.1, -0.05) is 28.1 Å². The summed E-state index contributed by atoms with van der Waals surface area (Å²) < 4.78 is 0.957. The van der Waals surface area contributed by atoms with Gasteiger partial charge in [0.1, 0.15) is 0 Å². The summed E-state index contributed by atoms with van der Waals surface area (Å²) in [6.45, 7) is 3.77. The number of benzene rings is 1. The molecule has 0 unspecified atom stereocenters. The molecular weight excluding hydrogens is 242 g/mol. The highest BCUT2D eigenvalue weighted by molar-refractivity contribution is 9.10. The lowest BCUT2D eigenvalue weighted by Crippen LogP contribution is -2.08. The molecule has 74 valence electrons. The zero-order valence-corrected chi connectivity index (χ0v) is 9.76. The van der Waals surface area contributed by atoms with E-state index in [9.17, 15) is 4.79 Å². The minimum Gasteiger partial charge on any atom is -0.322 e. The zero-order chi connectivity index (χ0) is 10.6. The summed E-state index contributed by atoms with van der Waals surface area (Å²) in [7, 11) is 0. The van der Waals surface area contributed by atoms with Crippen LogP contribution < -0.4 is 5.32 Å². The lowest BCUT2D eigenvalue weighted by atomic mass is 10.2. The first kappa shape index (κ1) is 11.0. The van der Waals surface area contributed by atoms with E-state index in [0.29, 0.717) is 0 Å². The van der Waals surface area contributed by atoms with Gasteiger partial charge in [-0.2, -0.15) is 0 Å². The van der Waals surface area contributed by atoms with Crippen LogP contribution in [0.4, 0.5) is 5.69 Å². The Balaban J connectivity index is 2.85. The minimum atomic E-state index is -0.103. The van der Waals surface area contributed by atoms with Crippen molar-refractivity contribution >= 4 is 27.5 Å². The minimum absolute atomic E-state index is 0.103. The van der Waals surface area contributed by atoms with Crippen LogP contribution in [0.15, 0.2) is 34.8 Å². The smallest absolute Gasteiger partial charge is 0.248 e. The third-order valence-electron chi connectivity index (χ3n) is 1.78. The van der Waals surface area contributed by atoms with Gasteiger partial charge in [-0.05, 0) is 37.6 Å². The first-order chi connectivity index (χ1) is 6.63. The lowest BCUT2D eigenvalue weighted by Gasteiger charge is -2.06. The van der Waals surface area contributed by atoms with Gasteiger partial charge in [0.25, 0.3) is 0 Å². The largest absolute Gasteiger partial charge is 0.322 e. The molecular formula is C11H12BrNO. The monoisotopic (exact) mass is 253 g/mol. The molecule has 1 N–H and O–H groups in total. The fraction of sp³-hybridized carbons (Fsp3) is 0.182. The molecule has 0 aliphatic heterocycles. The molecule has 0 aliphatic rings. The Morgan fingerprint density at radius 2 is 2.21 bits per heavy atom. The van der Waals surface area contributed by atoms with Gasteiger partial charge >= 0.3 is 0 Å². The number of nitrogens with one attached hydrogen (secondary N) is 1. The zero-order valence-electron chi connectivity index (χ0n) is 8.17. The number of allylic oxidation sites excluding steroid dienone is 1. The average molecular weight is 254 g/mol. The summed E-state index contributed by atoms with van der Waals surface area (Å²) in [4.78, 5) is 11.3. The van der Waals surface area contributed by atoms with E-state index in [1.807, 2.05) is 32.0 Å². The van der Waals surface area contributed by atoms with E-state index in [2.05, 4.69) is 21.2 Å². The molecule has 0 radical (unpaired) electrons. The van der Waals surface area contributed by atoms with Crippen LogP contribution in [0.3, 0.4) is 0 Å². The highest BCUT2D eigenvalue weighted by Gasteiger charge is 2.01. The molecule has 0 saturated heterocycles. The first-order valence-electron chi connectivity index (χ1n) is 4.33. The molecule has 1 rings (SSSR count). The molecule has 2 nitrogen and oxygen atoms in total. The standard InChI is InChI=1S/C11H12BrNO/c1-3-4-11(14)13-10-7-9(12)6-5-8(10)2/h3-7H,1-2H3,(H,13,14). The summed E-state index contributed by atoms with van der Waals surface area (Å²) >= 11 is 3.36. The maximum Gasteiger partial charge on any atom is 0.248 e. The van der Waals surface area contributed by atoms with E-state index < -0.39 is 0 Å². The summed E-state index contributed by atoms with van der Waals surface area (Å²) in [6.07, 6.45) is 3.21. The normalized spacial score (nSPS) is 10.5. The maximum atomic E-state index is 11.3. The fourth-order valence-corrected chi connectivity index (χ4v) is 1.42. The molecule has 0 fully saturated rings. The summed E-state index contributed by atoms with van der Waals surface area (Å²) in [5, 5.41) is 2.80. The number of hydrogen-bond donors (Lipinski definition) is 1. The third kappa shape index (κ3) is 3.00. The fourth-order valence-electron chi connectivity index (χ4n) is 1.05. The highest BCUT2D eigenvalue weighted by atomic mass is 79.9. The molecule has 3 heteroatoms. The lowest BCUT2D eigenvalue weighted by molar-refractivity contribution is -0.111. The van der Waals surface area contributed by atoms with Crippen LogP contribution in [0.5, 0.6) is 0 Å². The van der Waals surface area contributed by atoms with Crippen molar-refractivity contribution < 1.29 is 4.79 Å². The maximum absolute atomic E-state index is 11.3. The number of carbonyl (C=O) groups excluding carboxylic acids is 1. The van der Waals surface area contributed by atoms with Crippen molar-refractivity contribution in [1.82, 2.24) is 0 Å². The molecule has 0 spiro atoms. The average Bonchev–Trinajstić information content (AvgIpc) is 2.12. The molecule has 0 bridgehead atoms. The van der Waals surface area contributed by atoms with Crippen molar-refractivity contribution in [1.29, 1.82) is 0 Å². The number of hydrogen-bond acceptors (Lipinski definition) is 1. The second-order valence-electron chi connectivity index (χ2n) is 2.95. The Labute approximate surface area is 92.1 Å². The number of rotatable bonds is 2. The van der Waals surface area contributed by atoms with Crippen molar-refractivity contribution in [2.24, 2.45) is 0 Å². The van der Waals surface area contributed by atoms with Gasteiger partial charge in [-0.15, -0.1) is 0 Å². The third-order valence-corrected chi connectivity index (χ3v) is 2.27. The number of amides is 1. The van der Waals surface area contributed by atoms with Crippen molar-refractivity contribution in [3.63, 3.8) is 0 Å². The van der Waals surface area contributed by atoms with Crippen molar-refractivity contribution in [2.75, 3.05) is 5.32 Å². The Hall–Kier alpha value is -1.09. The van der Waals surface area contributed by atoms with E-state index in [1.54, 1.807) is 6.08 Å². The van der Waals surface area contributed by atoms with Gasteiger partial charge in [0.15, 0.2) is 0 Å². The Kier molecular flexibility index (Phi) is 3.89. The van der Waals surface area contributed by atoms with Crippen molar-refractivity contribution in [2.45, 2.75) is 13.8 Å². The van der Waals surface area contributed by atoms with Crippen molar-refractivity contribution in [3.05, 3.63) is 40.4 Å². The second-order valence-corrected chi connectivity index (χ2v) is 3.86. The van der Waals surface area contributed by atoms with E-state index in [0.717, 1.165) is 15.7 Å². The van der Waals surface area contributed by atoms with E-state index >= 15 is 0 Å². The Morgan fingerprint density at radius 3 is 2.86 bits per heavy atom. The van der Waals surface area contributed by atoms with E-state index in [1.165, 1.54) is 6.08 Å².